The number of hydrogen-bond donors (Lipinski definition) is 2. The molecule has 4 heteroatoms. The van der Waals surface area contributed by atoms with Gasteiger partial charge in [0.25, 0.3) is 0 Å². The van der Waals surface area contributed by atoms with Crippen LogP contribution in [0.2, 0.25) is 0 Å². The van der Waals surface area contributed by atoms with Gasteiger partial charge in [-0.25, -0.2) is 0 Å². The summed E-state index contributed by atoms with van der Waals surface area (Å²) in [4.78, 5) is 14.6. The van der Waals surface area contributed by atoms with Gasteiger partial charge in [0, 0.05) is 17.7 Å². The maximum absolute atomic E-state index is 9.47. The van der Waals surface area contributed by atoms with E-state index in [1.165, 1.54) is 68.3 Å². The fourth-order valence-electron chi connectivity index (χ4n) is 5.25. The predicted molar refractivity (Wildman–Crippen MR) is 131 cm³/mol. The first-order chi connectivity index (χ1) is 14.6. The van der Waals surface area contributed by atoms with Gasteiger partial charge in [0.2, 0.25) is 5.91 Å². The summed E-state index contributed by atoms with van der Waals surface area (Å²) in [6.45, 7) is 9.57. The molecule has 1 aliphatic heterocycles. The lowest BCUT2D eigenvalue weighted by atomic mass is 9.63. The van der Waals surface area contributed by atoms with Crippen molar-refractivity contribution in [2.75, 3.05) is 6.54 Å². The number of primary amides is 1. The van der Waals surface area contributed by atoms with Crippen molar-refractivity contribution in [3.05, 3.63) is 41.0 Å². The second-order valence-corrected chi connectivity index (χ2v) is 10.8. The fourth-order valence-corrected chi connectivity index (χ4v) is 5.25. The van der Waals surface area contributed by atoms with Crippen LogP contribution in [-0.4, -0.2) is 18.2 Å². The van der Waals surface area contributed by atoms with Gasteiger partial charge >= 0.3 is 0 Å². The lowest BCUT2D eigenvalue weighted by Crippen LogP contribution is -2.33. The number of carbonyl (C=O) groups excluding carboxylic acids is 1. The number of nitrogens with two attached hydrogens (primary N) is 2. The van der Waals surface area contributed by atoms with Crippen LogP contribution in [0.3, 0.4) is 0 Å². The molecule has 4 rings (SSSR count). The van der Waals surface area contributed by atoms with Crippen LogP contribution in [0.15, 0.2) is 29.3 Å². The molecule has 1 aromatic carbocycles. The van der Waals surface area contributed by atoms with Crippen molar-refractivity contribution in [2.24, 2.45) is 22.4 Å². The van der Waals surface area contributed by atoms with Crippen LogP contribution in [0.4, 0.5) is 0 Å². The molecule has 31 heavy (non-hydrogen) atoms. The van der Waals surface area contributed by atoms with E-state index in [9.17, 15) is 4.79 Å². The van der Waals surface area contributed by atoms with Gasteiger partial charge in [-0.3, -0.25) is 9.79 Å². The van der Waals surface area contributed by atoms with Crippen LogP contribution in [0.25, 0.3) is 5.70 Å². The zero-order chi connectivity index (χ0) is 22.6. The van der Waals surface area contributed by atoms with Crippen LogP contribution in [0.5, 0.6) is 0 Å². The van der Waals surface area contributed by atoms with Crippen LogP contribution in [0, 0.1) is 5.92 Å². The van der Waals surface area contributed by atoms with E-state index < -0.39 is 5.91 Å². The Morgan fingerprint density at radius 3 is 2.16 bits per heavy atom. The van der Waals surface area contributed by atoms with Gasteiger partial charge in [-0.1, -0.05) is 71.6 Å². The van der Waals surface area contributed by atoms with Crippen molar-refractivity contribution in [3.8, 4) is 0 Å². The van der Waals surface area contributed by atoms with Crippen molar-refractivity contribution >= 4 is 17.3 Å². The molecule has 2 aliphatic carbocycles. The molecular formula is C27H41N3O. The quantitative estimate of drug-likeness (QED) is 0.618. The van der Waals surface area contributed by atoms with E-state index in [2.05, 4.69) is 57.7 Å². The summed E-state index contributed by atoms with van der Waals surface area (Å²) in [6.07, 6.45) is 14.3. The third-order valence-corrected chi connectivity index (χ3v) is 7.44. The van der Waals surface area contributed by atoms with Crippen molar-refractivity contribution in [2.45, 2.75) is 96.3 Å². The third kappa shape index (κ3) is 5.65. The number of rotatable bonds is 3. The van der Waals surface area contributed by atoms with Crippen LogP contribution < -0.4 is 11.5 Å². The average molecular weight is 424 g/mol. The van der Waals surface area contributed by atoms with Crippen LogP contribution >= 0.6 is 0 Å². The second-order valence-electron chi connectivity index (χ2n) is 10.8. The molecule has 1 amide bonds. The van der Waals surface area contributed by atoms with Crippen molar-refractivity contribution in [1.82, 2.24) is 0 Å². The number of benzene rings is 1. The first-order valence-electron chi connectivity index (χ1n) is 12.1. The van der Waals surface area contributed by atoms with Crippen molar-refractivity contribution < 1.29 is 4.79 Å². The molecule has 1 fully saturated rings. The van der Waals surface area contributed by atoms with E-state index in [-0.39, 0.29) is 12.0 Å². The molecule has 0 radical (unpaired) electrons. The lowest BCUT2D eigenvalue weighted by Gasteiger charge is -2.42. The normalized spacial score (nSPS) is 22.4. The van der Waals surface area contributed by atoms with Crippen LogP contribution in [-0.2, 0) is 15.6 Å². The highest BCUT2D eigenvalue weighted by atomic mass is 16.1. The van der Waals surface area contributed by atoms with Gasteiger partial charge in [0.1, 0.15) is 0 Å². The molecule has 4 N–H and O–H groups in total. The number of fused-ring (bicyclic) bond motifs is 1. The summed E-state index contributed by atoms with van der Waals surface area (Å²) in [5, 5.41) is 0. The molecule has 3 aliphatic rings. The molecule has 170 valence electrons. The Morgan fingerprint density at radius 1 is 1.00 bits per heavy atom. The third-order valence-electron chi connectivity index (χ3n) is 7.44. The number of aliphatic imine (C=N–C) groups is 1. The van der Waals surface area contributed by atoms with Crippen molar-refractivity contribution in [1.29, 1.82) is 0 Å². The van der Waals surface area contributed by atoms with Crippen molar-refractivity contribution in [3.63, 3.8) is 0 Å². The summed E-state index contributed by atoms with van der Waals surface area (Å²) >= 11 is 0. The smallest absolute Gasteiger partial charge is 0.231 e. The van der Waals surface area contributed by atoms with Gasteiger partial charge in [-0.2, -0.15) is 0 Å². The van der Waals surface area contributed by atoms with E-state index >= 15 is 0 Å². The Morgan fingerprint density at radius 2 is 1.58 bits per heavy atom. The van der Waals surface area contributed by atoms with Gasteiger partial charge in [0.05, 0.1) is 12.2 Å². The first-order valence-corrected chi connectivity index (χ1v) is 12.1. The molecule has 1 saturated carbocycles. The Balaban J connectivity index is 0.000000491. The van der Waals surface area contributed by atoms with E-state index in [1.807, 2.05) is 0 Å². The minimum absolute atomic E-state index is 0.0556. The summed E-state index contributed by atoms with van der Waals surface area (Å²) in [5.74, 6) is 0.268. The number of nitrogens with zero attached hydrogens (tertiary/aromatic N) is 1. The molecule has 0 aromatic heterocycles. The summed E-state index contributed by atoms with van der Waals surface area (Å²) in [7, 11) is 0. The number of carbonyl (C=O) groups is 1. The minimum Gasteiger partial charge on any atom is -0.369 e. The Bertz CT molecular complexity index is 855. The maximum atomic E-state index is 9.47. The molecule has 1 heterocycles. The Hall–Kier alpha value is -1.94. The van der Waals surface area contributed by atoms with Gasteiger partial charge < -0.3 is 11.5 Å². The zero-order valence-corrected chi connectivity index (χ0v) is 20.0. The largest absolute Gasteiger partial charge is 0.369 e. The minimum atomic E-state index is -0.468. The van der Waals surface area contributed by atoms with E-state index in [1.54, 1.807) is 11.1 Å². The number of allylic oxidation sites excluding steroid dienone is 1. The molecule has 0 unspecified atom stereocenters. The summed E-state index contributed by atoms with van der Waals surface area (Å²) in [6, 6.07) is 7.18. The molecule has 0 spiro atoms. The van der Waals surface area contributed by atoms with E-state index in [0.29, 0.717) is 5.41 Å². The highest BCUT2D eigenvalue weighted by Crippen LogP contribution is 2.46. The highest BCUT2D eigenvalue weighted by molar-refractivity contribution is 5.97. The maximum Gasteiger partial charge on any atom is 0.231 e. The van der Waals surface area contributed by atoms with E-state index in [4.69, 9.17) is 10.7 Å². The topological polar surface area (TPSA) is 81.5 Å². The summed E-state index contributed by atoms with van der Waals surface area (Å²) < 4.78 is 0. The SMILES string of the molecule is CC1(C)CCC(C)(C)c2cc(C3=CCC(C4CCCCCC4)=N3)ccc21.NCC(N)=O. The Labute approximate surface area is 188 Å². The average Bonchev–Trinajstić information content (AvgIpc) is 3.07. The predicted octanol–water partition coefficient (Wildman–Crippen LogP) is 5.62. The van der Waals surface area contributed by atoms with Gasteiger partial charge in [-0.05, 0) is 59.6 Å². The molecule has 4 nitrogen and oxygen atoms in total. The van der Waals surface area contributed by atoms with Gasteiger partial charge in [0.15, 0.2) is 0 Å². The van der Waals surface area contributed by atoms with Crippen LogP contribution in [0.1, 0.15) is 102 Å². The first kappa shape index (κ1) is 23.7. The fraction of sp³-hybridized carbons (Fsp3) is 0.630. The number of amides is 1. The van der Waals surface area contributed by atoms with E-state index in [0.717, 1.165) is 12.3 Å². The second kappa shape index (κ2) is 9.68. The Kier molecular flexibility index (Phi) is 7.41. The highest BCUT2D eigenvalue weighted by Gasteiger charge is 2.37. The molecule has 0 bridgehead atoms. The number of hydrogen-bond acceptors (Lipinski definition) is 3. The summed E-state index contributed by atoms with van der Waals surface area (Å²) in [5.41, 5.74) is 16.9. The molecule has 0 saturated heterocycles. The monoisotopic (exact) mass is 423 g/mol. The molecule has 0 atom stereocenters. The molecule has 1 aromatic rings. The standard InChI is InChI=1S/C25H35N.C2H6N2O/c1-24(2)15-16-25(3,4)21-17-19(11-12-20(21)24)23-14-13-22(26-23)18-9-7-5-6-8-10-18;3-1-2(4)5/h11-12,14,17-18H,5-10,13,15-16H2,1-4H3;1,3H2,(H2,4,5). The van der Waals surface area contributed by atoms with Gasteiger partial charge in [-0.15, -0.1) is 0 Å². The molecular weight excluding hydrogens is 382 g/mol. The lowest BCUT2D eigenvalue weighted by molar-refractivity contribution is -0.116. The zero-order valence-electron chi connectivity index (χ0n) is 20.0.